The first-order chi connectivity index (χ1) is 26.5. The van der Waals surface area contributed by atoms with Gasteiger partial charge in [-0.15, -0.1) is 0 Å². The van der Waals surface area contributed by atoms with Gasteiger partial charge in [-0.3, -0.25) is 4.79 Å². The van der Waals surface area contributed by atoms with Crippen LogP contribution in [0, 0.1) is 50.2 Å². The number of aliphatic carboxylic acids is 1. The lowest BCUT2D eigenvalue weighted by molar-refractivity contribution is -0.353. The summed E-state index contributed by atoms with van der Waals surface area (Å²) in [6.45, 7) is 12.8. The fourth-order valence-corrected chi connectivity index (χ4v) is 13.5. The third kappa shape index (κ3) is 6.39. The number of hydrogen-bond acceptors (Lipinski definition) is 14. The van der Waals surface area contributed by atoms with E-state index in [-0.39, 0.29) is 40.1 Å². The highest BCUT2D eigenvalue weighted by Crippen LogP contribution is 2.76. The number of hydrogen-bond donors (Lipinski definition) is 9. The van der Waals surface area contributed by atoms with Gasteiger partial charge in [0.25, 0.3) is 0 Å². The van der Waals surface area contributed by atoms with Gasteiger partial charge in [0.1, 0.15) is 42.7 Å². The molecule has 57 heavy (non-hydrogen) atoms. The van der Waals surface area contributed by atoms with E-state index in [0.29, 0.717) is 25.2 Å². The second-order valence-electron chi connectivity index (χ2n) is 20.5. The molecule has 4 saturated carbocycles. The van der Waals surface area contributed by atoms with E-state index >= 15 is 0 Å². The van der Waals surface area contributed by atoms with Crippen LogP contribution >= 0.6 is 0 Å². The summed E-state index contributed by atoms with van der Waals surface area (Å²) in [5, 5.41) is 94.9. The molecular formula is C42H66O15. The van der Waals surface area contributed by atoms with E-state index in [9.17, 15) is 55.5 Å². The summed E-state index contributed by atoms with van der Waals surface area (Å²) < 4.78 is 22.7. The zero-order valence-corrected chi connectivity index (χ0v) is 34.1. The molecule has 6 fully saturated rings. The summed E-state index contributed by atoms with van der Waals surface area (Å²) in [4.78, 5) is 26.4. The minimum absolute atomic E-state index is 0.0540. The standard InChI is InChI=1S/C42H66O15/c1-37(2)13-15-42(36(53)57-34-30(50)28(48)31(22(18-43)54-34)55-35-29(49)26(46)27(47)32(56-35)33(51)52)16-14-40(5)20(21(42)17-37)7-8-24-38(3)11-10-25(45)39(4,19-44)23(38)9-12-41(24,40)6/h7,21-32,34-35,43-50H,8-19H2,1-6H3,(H,51,52)/t21?,22-,23?,24?,25?,26+,27+,28-,29-,30-,31-,32+,34+,35-,38+,39+,40?,41-,42?/m1/s1. The highest BCUT2D eigenvalue weighted by atomic mass is 16.7. The molecule has 5 aliphatic carbocycles. The molecule has 0 aromatic heterocycles. The number of ether oxygens (including phenoxy) is 4. The van der Waals surface area contributed by atoms with Crippen molar-refractivity contribution >= 4 is 11.9 Å². The summed E-state index contributed by atoms with van der Waals surface area (Å²) >= 11 is 0. The third-order valence-electron chi connectivity index (χ3n) is 17.3. The Hall–Kier alpha value is -1.76. The Morgan fingerprint density at radius 2 is 1.44 bits per heavy atom. The molecule has 7 rings (SSSR count). The van der Waals surface area contributed by atoms with Gasteiger partial charge in [-0.1, -0.05) is 53.2 Å². The SMILES string of the molecule is CC1(C)CCC2(C(=O)O[C@@H]3O[C@H](CO)[C@@H](O[C@@H]4O[C@H](C(=O)O)[C@@H](O)[C@H](O)[C@H]4O)[C@H](O)[C@H]3O)CCC3(C)C(=CCC4[C@@]5(C)CCC(O)[C@@](C)(CO)C5CC[C@]43C)C2C1. The summed E-state index contributed by atoms with van der Waals surface area (Å²) in [5.41, 5.74) is -0.762. The normalized spacial score (nSPS) is 53.3. The Kier molecular flexibility index (Phi) is 11.2. The van der Waals surface area contributed by atoms with Crippen LogP contribution < -0.4 is 0 Å². The average molecular weight is 811 g/mol. The molecule has 2 aliphatic heterocycles. The highest BCUT2D eigenvalue weighted by Gasteiger charge is 2.70. The van der Waals surface area contributed by atoms with E-state index in [1.807, 2.05) is 6.92 Å². The van der Waals surface area contributed by atoms with Crippen LogP contribution in [0.3, 0.4) is 0 Å². The predicted octanol–water partition coefficient (Wildman–Crippen LogP) is 1.38. The molecule has 19 atom stereocenters. The smallest absolute Gasteiger partial charge is 0.335 e. The lowest BCUT2D eigenvalue weighted by Crippen LogP contribution is -2.66. The molecule has 0 aromatic rings. The monoisotopic (exact) mass is 810 g/mol. The van der Waals surface area contributed by atoms with Gasteiger partial charge in [-0.2, -0.15) is 0 Å². The maximum atomic E-state index is 14.8. The van der Waals surface area contributed by atoms with Crippen LogP contribution in [0.2, 0.25) is 0 Å². The molecule has 6 unspecified atom stereocenters. The van der Waals surface area contributed by atoms with Crippen molar-refractivity contribution in [3.63, 3.8) is 0 Å². The predicted molar refractivity (Wildman–Crippen MR) is 200 cm³/mol. The van der Waals surface area contributed by atoms with Crippen molar-refractivity contribution in [2.45, 2.75) is 173 Å². The second-order valence-corrected chi connectivity index (χ2v) is 20.5. The van der Waals surface area contributed by atoms with Crippen molar-refractivity contribution in [2.24, 2.45) is 50.2 Å². The van der Waals surface area contributed by atoms with Gasteiger partial charge in [-0.05, 0) is 104 Å². The number of esters is 1. The Bertz CT molecular complexity index is 1590. The summed E-state index contributed by atoms with van der Waals surface area (Å²) in [6.07, 6.45) is -9.02. The Morgan fingerprint density at radius 1 is 0.772 bits per heavy atom. The van der Waals surface area contributed by atoms with Crippen molar-refractivity contribution in [1.29, 1.82) is 0 Å². The molecule has 0 spiro atoms. The van der Waals surface area contributed by atoms with Crippen molar-refractivity contribution in [1.82, 2.24) is 0 Å². The lowest BCUT2D eigenvalue weighted by Gasteiger charge is -2.71. The zero-order valence-electron chi connectivity index (χ0n) is 34.1. The molecular weight excluding hydrogens is 744 g/mol. The number of fused-ring (bicyclic) bond motifs is 7. The first-order valence-electron chi connectivity index (χ1n) is 21.0. The van der Waals surface area contributed by atoms with Gasteiger partial charge in [0, 0.05) is 5.41 Å². The summed E-state index contributed by atoms with van der Waals surface area (Å²) in [5.74, 6) is -1.89. The molecule has 0 amide bonds. The van der Waals surface area contributed by atoms with E-state index in [0.717, 1.165) is 44.9 Å². The van der Waals surface area contributed by atoms with Crippen LogP contribution in [0.4, 0.5) is 0 Å². The fourth-order valence-electron chi connectivity index (χ4n) is 13.5. The van der Waals surface area contributed by atoms with Gasteiger partial charge in [-0.25, -0.2) is 4.79 Å². The quantitative estimate of drug-likeness (QED) is 0.130. The number of rotatable bonds is 7. The summed E-state index contributed by atoms with van der Waals surface area (Å²) in [6, 6.07) is 0. The van der Waals surface area contributed by atoms with Gasteiger partial charge >= 0.3 is 11.9 Å². The van der Waals surface area contributed by atoms with E-state index in [2.05, 4.69) is 40.7 Å². The minimum Gasteiger partial charge on any atom is -0.479 e. The number of allylic oxidation sites excluding steroid dienone is 2. The first-order valence-corrected chi connectivity index (χ1v) is 21.0. The van der Waals surface area contributed by atoms with E-state index in [4.69, 9.17) is 18.9 Å². The van der Waals surface area contributed by atoms with Crippen LogP contribution in [0.15, 0.2) is 11.6 Å². The molecule has 15 nitrogen and oxygen atoms in total. The van der Waals surface area contributed by atoms with Crippen LogP contribution in [-0.2, 0) is 28.5 Å². The molecule has 9 N–H and O–H groups in total. The molecule has 0 aromatic carbocycles. The Labute approximate surface area is 334 Å². The van der Waals surface area contributed by atoms with Gasteiger partial charge < -0.3 is 64.9 Å². The second kappa shape index (κ2) is 14.7. The van der Waals surface area contributed by atoms with E-state index < -0.39 is 96.9 Å². The Morgan fingerprint density at radius 3 is 2.09 bits per heavy atom. The highest BCUT2D eigenvalue weighted by molar-refractivity contribution is 5.79. The molecule has 15 heteroatoms. The van der Waals surface area contributed by atoms with Crippen LogP contribution in [-0.4, -0.2) is 139 Å². The lowest BCUT2D eigenvalue weighted by atomic mass is 9.33. The van der Waals surface area contributed by atoms with Gasteiger partial charge in [0.05, 0.1) is 24.7 Å². The third-order valence-corrected chi connectivity index (χ3v) is 17.3. The number of carboxylic acids is 1. The van der Waals surface area contributed by atoms with Crippen molar-refractivity contribution < 1.29 is 74.5 Å². The van der Waals surface area contributed by atoms with Crippen molar-refractivity contribution in [2.75, 3.05) is 13.2 Å². The molecule has 0 radical (unpaired) electrons. The molecule has 0 bridgehead atoms. The van der Waals surface area contributed by atoms with Crippen molar-refractivity contribution in [3.8, 4) is 0 Å². The van der Waals surface area contributed by atoms with Crippen molar-refractivity contribution in [3.05, 3.63) is 11.6 Å². The Balaban J connectivity index is 1.14. The molecule has 2 saturated heterocycles. The number of carboxylic acid groups (broad SMARTS) is 1. The molecule has 7 aliphatic rings. The minimum atomic E-state index is -1.99. The zero-order chi connectivity index (χ0) is 41.8. The largest absolute Gasteiger partial charge is 0.479 e. The first kappa shape index (κ1) is 43.3. The van der Waals surface area contributed by atoms with Gasteiger partial charge in [0.15, 0.2) is 12.4 Å². The van der Waals surface area contributed by atoms with E-state index in [1.54, 1.807) is 0 Å². The van der Waals surface area contributed by atoms with E-state index in [1.165, 1.54) is 5.57 Å². The maximum absolute atomic E-state index is 14.8. The number of aliphatic hydroxyl groups excluding tert-OH is 8. The van der Waals surface area contributed by atoms with Crippen LogP contribution in [0.25, 0.3) is 0 Å². The summed E-state index contributed by atoms with van der Waals surface area (Å²) in [7, 11) is 0. The number of carbonyl (C=O) groups is 2. The molecule has 324 valence electrons. The number of aliphatic hydroxyl groups is 8. The average Bonchev–Trinajstić information content (AvgIpc) is 3.16. The fraction of sp³-hybridized carbons (Fsp3) is 0.905. The van der Waals surface area contributed by atoms with Gasteiger partial charge in [0.2, 0.25) is 6.29 Å². The van der Waals surface area contributed by atoms with Crippen LogP contribution in [0.1, 0.15) is 106 Å². The topological polar surface area (TPSA) is 253 Å². The molecule has 2 heterocycles. The van der Waals surface area contributed by atoms with Crippen LogP contribution in [0.5, 0.6) is 0 Å². The number of carbonyl (C=O) groups excluding carboxylic acids is 1. The maximum Gasteiger partial charge on any atom is 0.335 e.